The van der Waals surface area contributed by atoms with Gasteiger partial charge in [-0.2, -0.15) is 13.2 Å². The molecule has 1 aromatic heterocycles. The lowest BCUT2D eigenvalue weighted by molar-refractivity contribution is -0.140. The molecular weight excluding hydrogens is 278 g/mol. The Hall–Kier alpha value is -2.25. The van der Waals surface area contributed by atoms with Crippen LogP contribution in [0.2, 0.25) is 0 Å². The van der Waals surface area contributed by atoms with Crippen molar-refractivity contribution in [3.8, 4) is 5.69 Å². The van der Waals surface area contributed by atoms with E-state index in [-0.39, 0.29) is 22.9 Å². The second-order valence-electron chi connectivity index (χ2n) is 4.15. The molecule has 0 unspecified atom stereocenters. The lowest BCUT2D eigenvalue weighted by atomic mass is 10.1. The van der Waals surface area contributed by atoms with Gasteiger partial charge in [-0.1, -0.05) is 5.21 Å². The molecule has 2 aromatic rings. The van der Waals surface area contributed by atoms with Crippen LogP contribution in [0.5, 0.6) is 0 Å². The maximum atomic E-state index is 13.2. The van der Waals surface area contributed by atoms with Gasteiger partial charge in [0.2, 0.25) is 0 Å². The molecule has 1 aromatic carbocycles. The van der Waals surface area contributed by atoms with Gasteiger partial charge in [0.1, 0.15) is 5.82 Å². The van der Waals surface area contributed by atoms with Gasteiger partial charge in [0.15, 0.2) is 11.5 Å². The smallest absolute Gasteiger partial charge is 0.293 e. The SMILES string of the molecule is CC(=O)c1nnn(-c2ccc(F)c(C(F)(F)F)c2)c1C. The molecule has 0 spiro atoms. The summed E-state index contributed by atoms with van der Waals surface area (Å²) in [7, 11) is 0. The molecule has 0 aliphatic rings. The molecule has 0 amide bonds. The Kier molecular flexibility index (Phi) is 3.33. The van der Waals surface area contributed by atoms with E-state index in [1.165, 1.54) is 13.8 Å². The van der Waals surface area contributed by atoms with Crippen LogP contribution in [0.1, 0.15) is 28.7 Å². The molecule has 0 fully saturated rings. The fourth-order valence-electron chi connectivity index (χ4n) is 1.76. The number of hydrogen-bond acceptors (Lipinski definition) is 3. The highest BCUT2D eigenvalue weighted by Crippen LogP contribution is 2.32. The van der Waals surface area contributed by atoms with Crippen molar-refractivity contribution in [1.29, 1.82) is 0 Å². The van der Waals surface area contributed by atoms with E-state index < -0.39 is 17.6 Å². The molecule has 2 rings (SSSR count). The predicted octanol–water partition coefficient (Wildman–Crippen LogP) is 2.94. The highest BCUT2D eigenvalue weighted by atomic mass is 19.4. The molecule has 20 heavy (non-hydrogen) atoms. The summed E-state index contributed by atoms with van der Waals surface area (Å²) in [6.07, 6.45) is -4.81. The van der Waals surface area contributed by atoms with E-state index >= 15 is 0 Å². The molecule has 0 saturated heterocycles. The number of benzene rings is 1. The number of Topliss-reactive ketones (excluding diaryl/α,β-unsaturated/α-hetero) is 1. The average Bonchev–Trinajstić information content (AvgIpc) is 2.70. The Labute approximate surface area is 111 Å². The quantitative estimate of drug-likeness (QED) is 0.630. The number of alkyl halides is 3. The van der Waals surface area contributed by atoms with E-state index in [4.69, 9.17) is 0 Å². The number of carbonyl (C=O) groups is 1. The van der Waals surface area contributed by atoms with Crippen molar-refractivity contribution in [3.63, 3.8) is 0 Å². The first-order valence-corrected chi connectivity index (χ1v) is 5.52. The molecule has 0 N–H and O–H groups in total. The van der Waals surface area contributed by atoms with E-state index in [9.17, 15) is 22.4 Å². The highest BCUT2D eigenvalue weighted by Gasteiger charge is 2.34. The number of carbonyl (C=O) groups excluding carboxylic acids is 1. The largest absolute Gasteiger partial charge is 0.419 e. The van der Waals surface area contributed by atoms with Crippen LogP contribution in [-0.2, 0) is 6.18 Å². The number of nitrogens with zero attached hydrogens (tertiary/aromatic N) is 3. The normalized spacial score (nSPS) is 11.7. The average molecular weight is 287 g/mol. The van der Waals surface area contributed by atoms with Crippen LogP contribution in [0.4, 0.5) is 17.6 Å². The zero-order valence-corrected chi connectivity index (χ0v) is 10.5. The molecule has 0 saturated carbocycles. The zero-order valence-electron chi connectivity index (χ0n) is 10.5. The molecule has 0 aliphatic heterocycles. The Morgan fingerprint density at radius 1 is 1.30 bits per heavy atom. The van der Waals surface area contributed by atoms with E-state index in [1.807, 2.05) is 0 Å². The van der Waals surface area contributed by atoms with Crippen LogP contribution in [0.15, 0.2) is 18.2 Å². The van der Waals surface area contributed by atoms with E-state index in [0.29, 0.717) is 12.1 Å². The summed E-state index contributed by atoms with van der Waals surface area (Å²) < 4.78 is 52.2. The first-order chi connectivity index (χ1) is 9.21. The summed E-state index contributed by atoms with van der Waals surface area (Å²) >= 11 is 0. The number of hydrogen-bond donors (Lipinski definition) is 0. The van der Waals surface area contributed by atoms with Gasteiger partial charge in [-0.3, -0.25) is 4.79 Å². The standard InChI is InChI=1S/C12H9F4N3O/c1-6-11(7(2)20)17-18-19(6)8-3-4-10(13)9(5-8)12(14,15)16/h3-5H,1-2H3. The number of ketones is 1. The summed E-state index contributed by atoms with van der Waals surface area (Å²) in [6.45, 7) is 2.76. The minimum absolute atomic E-state index is 0.0174. The maximum Gasteiger partial charge on any atom is 0.419 e. The first kappa shape index (κ1) is 14.2. The van der Waals surface area contributed by atoms with Crippen molar-refractivity contribution < 1.29 is 22.4 Å². The summed E-state index contributed by atoms with van der Waals surface area (Å²) in [5, 5.41) is 7.21. The van der Waals surface area contributed by atoms with Gasteiger partial charge in [-0.05, 0) is 25.1 Å². The van der Waals surface area contributed by atoms with Crippen molar-refractivity contribution in [1.82, 2.24) is 15.0 Å². The minimum atomic E-state index is -4.81. The van der Waals surface area contributed by atoms with Crippen LogP contribution in [-0.4, -0.2) is 20.8 Å². The van der Waals surface area contributed by atoms with Gasteiger partial charge >= 0.3 is 6.18 Å². The molecule has 0 radical (unpaired) electrons. The third kappa shape index (κ3) is 2.40. The minimum Gasteiger partial charge on any atom is -0.293 e. The summed E-state index contributed by atoms with van der Waals surface area (Å²) in [4.78, 5) is 11.2. The third-order valence-corrected chi connectivity index (χ3v) is 2.73. The summed E-state index contributed by atoms with van der Waals surface area (Å²) in [6, 6.07) is 2.46. The highest BCUT2D eigenvalue weighted by molar-refractivity contribution is 5.93. The second-order valence-corrected chi connectivity index (χ2v) is 4.15. The molecular formula is C12H9F4N3O. The van der Waals surface area contributed by atoms with Crippen molar-refractivity contribution in [2.45, 2.75) is 20.0 Å². The lowest BCUT2D eigenvalue weighted by Gasteiger charge is -2.10. The monoisotopic (exact) mass is 287 g/mol. The molecule has 0 atom stereocenters. The van der Waals surface area contributed by atoms with E-state index in [1.54, 1.807) is 0 Å². The number of aromatic nitrogens is 3. The molecule has 1 heterocycles. The van der Waals surface area contributed by atoms with Crippen LogP contribution < -0.4 is 0 Å². The molecule has 106 valence electrons. The first-order valence-electron chi connectivity index (χ1n) is 5.52. The predicted molar refractivity (Wildman–Crippen MR) is 61.1 cm³/mol. The topological polar surface area (TPSA) is 47.8 Å². The van der Waals surface area contributed by atoms with Crippen LogP contribution in [0, 0.1) is 12.7 Å². The number of rotatable bonds is 2. The summed E-state index contributed by atoms with van der Waals surface area (Å²) in [5.74, 6) is -1.72. The van der Waals surface area contributed by atoms with Crippen molar-refractivity contribution >= 4 is 5.78 Å². The van der Waals surface area contributed by atoms with Crippen LogP contribution in [0.25, 0.3) is 5.69 Å². The van der Waals surface area contributed by atoms with Gasteiger partial charge in [0.25, 0.3) is 0 Å². The van der Waals surface area contributed by atoms with E-state index in [0.717, 1.165) is 10.7 Å². The van der Waals surface area contributed by atoms with E-state index in [2.05, 4.69) is 10.3 Å². The zero-order chi connectivity index (χ0) is 15.1. The molecule has 4 nitrogen and oxygen atoms in total. The Morgan fingerprint density at radius 3 is 2.45 bits per heavy atom. The molecule has 0 aliphatic carbocycles. The Bertz CT molecular complexity index is 676. The van der Waals surface area contributed by atoms with Crippen LogP contribution >= 0.6 is 0 Å². The van der Waals surface area contributed by atoms with Gasteiger partial charge < -0.3 is 0 Å². The van der Waals surface area contributed by atoms with Crippen molar-refractivity contribution in [3.05, 3.63) is 41.0 Å². The fourth-order valence-corrected chi connectivity index (χ4v) is 1.76. The maximum absolute atomic E-state index is 13.2. The fraction of sp³-hybridized carbons (Fsp3) is 0.250. The van der Waals surface area contributed by atoms with Crippen molar-refractivity contribution in [2.75, 3.05) is 0 Å². The van der Waals surface area contributed by atoms with Crippen molar-refractivity contribution in [2.24, 2.45) is 0 Å². The third-order valence-electron chi connectivity index (χ3n) is 2.73. The van der Waals surface area contributed by atoms with Gasteiger partial charge in [-0.25, -0.2) is 9.07 Å². The Balaban J connectivity index is 2.57. The molecule has 8 heteroatoms. The van der Waals surface area contributed by atoms with Gasteiger partial charge in [-0.15, -0.1) is 5.10 Å². The number of halogens is 4. The summed E-state index contributed by atoms with van der Waals surface area (Å²) in [5.41, 5.74) is -1.06. The van der Waals surface area contributed by atoms with Crippen LogP contribution in [0.3, 0.4) is 0 Å². The Morgan fingerprint density at radius 2 is 1.95 bits per heavy atom. The van der Waals surface area contributed by atoms with Gasteiger partial charge in [0, 0.05) is 6.92 Å². The second kappa shape index (κ2) is 4.69. The van der Waals surface area contributed by atoms with Gasteiger partial charge in [0.05, 0.1) is 16.9 Å². The molecule has 0 bridgehead atoms. The lowest BCUT2D eigenvalue weighted by Crippen LogP contribution is -2.10.